The van der Waals surface area contributed by atoms with E-state index < -0.39 is 0 Å². The molecule has 2 aliphatic rings. The van der Waals surface area contributed by atoms with Gasteiger partial charge in [-0.3, -0.25) is 4.79 Å². The van der Waals surface area contributed by atoms with Crippen LogP contribution in [0, 0.1) is 5.92 Å². The Morgan fingerprint density at radius 2 is 2.15 bits per heavy atom. The van der Waals surface area contributed by atoms with Crippen LogP contribution >= 0.6 is 0 Å². The Labute approximate surface area is 119 Å². The number of aryl methyl sites for hydroxylation is 1. The van der Waals surface area contributed by atoms with E-state index in [2.05, 4.69) is 34.1 Å². The molecule has 4 rings (SSSR count). The van der Waals surface area contributed by atoms with Gasteiger partial charge >= 0.3 is 0 Å². The highest BCUT2D eigenvalue weighted by molar-refractivity contribution is 5.85. The predicted octanol–water partition coefficient (Wildman–Crippen LogP) is 3.41. The van der Waals surface area contributed by atoms with Crippen molar-refractivity contribution < 1.29 is 4.79 Å². The second kappa shape index (κ2) is 4.37. The van der Waals surface area contributed by atoms with Crippen LogP contribution in [0.1, 0.15) is 43.5 Å². The molecule has 0 spiro atoms. The topological polar surface area (TPSA) is 36.1 Å². The minimum atomic E-state index is 0.214. The van der Waals surface area contributed by atoms with Crippen molar-refractivity contribution in [3.8, 4) is 0 Å². The summed E-state index contributed by atoms with van der Waals surface area (Å²) in [6.45, 7) is 2.62. The normalized spacial score (nSPS) is 25.4. The second-order valence-electron chi connectivity index (χ2n) is 6.16. The van der Waals surface area contributed by atoms with E-state index >= 15 is 0 Å². The third kappa shape index (κ3) is 1.62. The number of H-pyrrole nitrogens is 1. The number of likely N-dealkylation sites (tertiary alicyclic amines) is 1. The summed E-state index contributed by atoms with van der Waals surface area (Å²) in [5.41, 5.74) is 3.96. The lowest BCUT2D eigenvalue weighted by Crippen LogP contribution is -2.43. The second-order valence-corrected chi connectivity index (χ2v) is 6.16. The molecule has 1 aliphatic carbocycles. The van der Waals surface area contributed by atoms with Gasteiger partial charge in [0.1, 0.15) is 0 Å². The highest BCUT2D eigenvalue weighted by atomic mass is 16.2. The maximum absolute atomic E-state index is 12.0. The lowest BCUT2D eigenvalue weighted by atomic mass is 9.77. The molecule has 1 amide bonds. The van der Waals surface area contributed by atoms with Crippen molar-refractivity contribution in [3.63, 3.8) is 0 Å². The van der Waals surface area contributed by atoms with Crippen LogP contribution in [0.25, 0.3) is 10.9 Å². The summed E-state index contributed by atoms with van der Waals surface area (Å²) in [4.78, 5) is 17.7. The molecule has 3 heteroatoms. The number of nitrogens with zero attached hydrogens (tertiary/aromatic N) is 1. The standard InChI is InChI=1S/C17H20N2O/c1-11(20)19-10-4-5-12-8-9-14-13-6-2-3-7-15(13)18-16(14)17(12)19/h2-3,6-7,12,17-18H,4-5,8-10H2,1H3/t12-,17-/m0/s1. The Balaban J connectivity index is 1.88. The fraction of sp³-hybridized carbons (Fsp3) is 0.471. The number of hydrogen-bond acceptors (Lipinski definition) is 1. The van der Waals surface area contributed by atoms with E-state index in [1.807, 2.05) is 0 Å². The first kappa shape index (κ1) is 12.0. The quantitative estimate of drug-likeness (QED) is 0.781. The van der Waals surface area contributed by atoms with Crippen molar-refractivity contribution >= 4 is 16.8 Å². The Morgan fingerprint density at radius 1 is 1.30 bits per heavy atom. The minimum Gasteiger partial charge on any atom is -0.356 e. The average molecular weight is 268 g/mol. The number of carbonyl (C=O) groups excluding carboxylic acids is 1. The predicted molar refractivity (Wildman–Crippen MR) is 79.5 cm³/mol. The van der Waals surface area contributed by atoms with Crippen molar-refractivity contribution in [3.05, 3.63) is 35.5 Å². The SMILES string of the molecule is CC(=O)N1CCC[C@H]2CCc3c([nH]c4ccccc34)[C@H]21. The van der Waals surface area contributed by atoms with Crippen molar-refractivity contribution in [2.45, 2.75) is 38.6 Å². The molecule has 1 N–H and O–H groups in total. The van der Waals surface area contributed by atoms with Crippen molar-refractivity contribution in [2.24, 2.45) is 5.92 Å². The third-order valence-corrected chi connectivity index (χ3v) is 5.07. The number of aromatic nitrogens is 1. The summed E-state index contributed by atoms with van der Waals surface area (Å²) in [5, 5.41) is 1.34. The summed E-state index contributed by atoms with van der Waals surface area (Å²) in [7, 11) is 0. The summed E-state index contributed by atoms with van der Waals surface area (Å²) < 4.78 is 0. The first-order valence-corrected chi connectivity index (χ1v) is 7.62. The minimum absolute atomic E-state index is 0.214. The Kier molecular flexibility index (Phi) is 2.62. The summed E-state index contributed by atoms with van der Waals surface area (Å²) >= 11 is 0. The highest BCUT2D eigenvalue weighted by Crippen LogP contribution is 2.45. The Bertz CT molecular complexity index is 673. The fourth-order valence-electron chi connectivity index (χ4n) is 4.19. The Hall–Kier alpha value is -1.77. The van der Waals surface area contributed by atoms with Crippen LogP contribution in [0.4, 0.5) is 0 Å². The van der Waals surface area contributed by atoms with Gasteiger partial charge in [0.15, 0.2) is 0 Å². The number of fused-ring (bicyclic) bond motifs is 5. The summed E-state index contributed by atoms with van der Waals surface area (Å²) in [6.07, 6.45) is 4.76. The molecule has 2 atom stereocenters. The molecule has 1 saturated heterocycles. The van der Waals surface area contributed by atoms with Crippen molar-refractivity contribution in [1.82, 2.24) is 9.88 Å². The molecular formula is C17H20N2O. The smallest absolute Gasteiger partial charge is 0.220 e. The lowest BCUT2D eigenvalue weighted by molar-refractivity contribution is -0.134. The Morgan fingerprint density at radius 3 is 3.00 bits per heavy atom. The van der Waals surface area contributed by atoms with Gasteiger partial charge in [-0.1, -0.05) is 18.2 Å². The van der Waals surface area contributed by atoms with E-state index in [-0.39, 0.29) is 11.9 Å². The molecule has 0 radical (unpaired) electrons. The zero-order valence-corrected chi connectivity index (χ0v) is 11.9. The lowest BCUT2D eigenvalue weighted by Gasteiger charge is -2.43. The largest absolute Gasteiger partial charge is 0.356 e. The van der Waals surface area contributed by atoms with Crippen LogP contribution in [0.3, 0.4) is 0 Å². The van der Waals surface area contributed by atoms with E-state index in [0.29, 0.717) is 5.92 Å². The van der Waals surface area contributed by atoms with Crippen LogP contribution in [0.2, 0.25) is 0 Å². The van der Waals surface area contributed by atoms with Crippen molar-refractivity contribution in [2.75, 3.05) is 6.54 Å². The molecular weight excluding hydrogens is 248 g/mol. The first-order chi connectivity index (χ1) is 9.75. The molecule has 0 bridgehead atoms. The third-order valence-electron chi connectivity index (χ3n) is 5.07. The first-order valence-electron chi connectivity index (χ1n) is 7.62. The number of benzene rings is 1. The number of carbonyl (C=O) groups is 1. The number of rotatable bonds is 0. The molecule has 1 aliphatic heterocycles. The van der Waals surface area contributed by atoms with E-state index in [0.717, 1.165) is 19.4 Å². The maximum Gasteiger partial charge on any atom is 0.220 e. The van der Waals surface area contributed by atoms with Gasteiger partial charge in [-0.15, -0.1) is 0 Å². The number of aromatic amines is 1. The van der Waals surface area contributed by atoms with Crippen LogP contribution in [-0.4, -0.2) is 22.3 Å². The number of hydrogen-bond donors (Lipinski definition) is 1. The average Bonchev–Trinajstić information content (AvgIpc) is 2.85. The molecule has 1 fully saturated rings. The molecule has 1 aromatic heterocycles. The van der Waals surface area contributed by atoms with Gasteiger partial charge in [0, 0.05) is 30.1 Å². The zero-order valence-electron chi connectivity index (χ0n) is 11.9. The van der Waals surface area contributed by atoms with Gasteiger partial charge in [-0.05, 0) is 43.2 Å². The van der Waals surface area contributed by atoms with Crippen LogP contribution in [-0.2, 0) is 11.2 Å². The van der Waals surface area contributed by atoms with E-state index in [1.165, 1.54) is 35.0 Å². The summed E-state index contributed by atoms with van der Waals surface area (Å²) in [6, 6.07) is 8.80. The molecule has 104 valence electrons. The molecule has 1 aromatic carbocycles. The fourth-order valence-corrected chi connectivity index (χ4v) is 4.19. The van der Waals surface area contributed by atoms with E-state index in [4.69, 9.17) is 0 Å². The molecule has 3 nitrogen and oxygen atoms in total. The molecule has 20 heavy (non-hydrogen) atoms. The van der Waals surface area contributed by atoms with Gasteiger partial charge < -0.3 is 9.88 Å². The number of nitrogens with one attached hydrogen (secondary N) is 1. The molecule has 2 aromatic rings. The highest BCUT2D eigenvalue weighted by Gasteiger charge is 2.39. The molecule has 2 heterocycles. The van der Waals surface area contributed by atoms with Crippen LogP contribution in [0.5, 0.6) is 0 Å². The molecule has 0 saturated carbocycles. The van der Waals surface area contributed by atoms with Crippen molar-refractivity contribution in [1.29, 1.82) is 0 Å². The van der Waals surface area contributed by atoms with Gasteiger partial charge in [0.2, 0.25) is 5.91 Å². The number of amides is 1. The monoisotopic (exact) mass is 268 g/mol. The number of para-hydroxylation sites is 1. The zero-order chi connectivity index (χ0) is 13.7. The van der Waals surface area contributed by atoms with E-state index in [1.54, 1.807) is 6.92 Å². The number of piperidine rings is 1. The van der Waals surface area contributed by atoms with E-state index in [9.17, 15) is 4.79 Å². The van der Waals surface area contributed by atoms with Gasteiger partial charge in [-0.2, -0.15) is 0 Å². The van der Waals surface area contributed by atoms with Crippen LogP contribution < -0.4 is 0 Å². The van der Waals surface area contributed by atoms with Gasteiger partial charge in [-0.25, -0.2) is 0 Å². The molecule has 0 unspecified atom stereocenters. The maximum atomic E-state index is 12.0. The van der Waals surface area contributed by atoms with Gasteiger partial charge in [0.05, 0.1) is 6.04 Å². The van der Waals surface area contributed by atoms with Gasteiger partial charge in [0.25, 0.3) is 0 Å². The van der Waals surface area contributed by atoms with Crippen LogP contribution in [0.15, 0.2) is 24.3 Å². The summed E-state index contributed by atoms with van der Waals surface area (Å²) in [5.74, 6) is 0.847.